The van der Waals surface area contributed by atoms with Crippen LogP contribution in [0.2, 0.25) is 0 Å². The van der Waals surface area contributed by atoms with Crippen molar-refractivity contribution in [2.45, 2.75) is 39.5 Å². The third-order valence-corrected chi connectivity index (χ3v) is 4.61. The molecule has 0 amide bonds. The molecule has 3 rings (SSSR count). The Kier molecular flexibility index (Phi) is 4.84. The summed E-state index contributed by atoms with van der Waals surface area (Å²) in [6.45, 7) is 5.72. The molecule has 1 aromatic heterocycles. The van der Waals surface area contributed by atoms with Gasteiger partial charge < -0.3 is 10.0 Å². The number of nitrogens with zero attached hydrogens (tertiary/aromatic N) is 2. The summed E-state index contributed by atoms with van der Waals surface area (Å²) in [5.41, 5.74) is 4.03. The van der Waals surface area contributed by atoms with Crippen LogP contribution in [0.4, 0.5) is 5.82 Å². The van der Waals surface area contributed by atoms with Crippen molar-refractivity contribution in [3.8, 4) is 11.1 Å². The molecular weight excluding hydrogens is 300 g/mol. The second kappa shape index (κ2) is 7.04. The number of carboxylic acids is 1. The van der Waals surface area contributed by atoms with Crippen molar-refractivity contribution in [1.82, 2.24) is 4.98 Å². The normalized spacial score (nSPS) is 15.2. The minimum Gasteiger partial charge on any atom is -0.478 e. The number of benzene rings is 1. The number of carbonyl (C=O) groups is 1. The molecule has 1 saturated heterocycles. The van der Waals surface area contributed by atoms with Gasteiger partial charge in [0.05, 0.1) is 0 Å². The number of carboxylic acid groups (broad SMARTS) is 1. The van der Waals surface area contributed by atoms with E-state index < -0.39 is 5.97 Å². The van der Waals surface area contributed by atoms with Gasteiger partial charge in [-0.05, 0) is 38.3 Å². The van der Waals surface area contributed by atoms with Crippen LogP contribution >= 0.6 is 0 Å². The Morgan fingerprint density at radius 3 is 2.25 bits per heavy atom. The van der Waals surface area contributed by atoms with Crippen molar-refractivity contribution in [3.05, 3.63) is 47.2 Å². The molecule has 0 spiro atoms. The summed E-state index contributed by atoms with van der Waals surface area (Å²) in [4.78, 5) is 18.8. The molecule has 2 heterocycles. The third kappa shape index (κ3) is 3.42. The Morgan fingerprint density at radius 1 is 1.04 bits per heavy atom. The van der Waals surface area contributed by atoms with Gasteiger partial charge in [-0.3, -0.25) is 0 Å². The van der Waals surface area contributed by atoms with Gasteiger partial charge in [0.25, 0.3) is 0 Å². The zero-order valence-corrected chi connectivity index (χ0v) is 14.4. The second-order valence-corrected chi connectivity index (χ2v) is 6.58. The molecule has 4 nitrogen and oxygen atoms in total. The Balaban J connectivity index is 2.14. The summed E-state index contributed by atoms with van der Waals surface area (Å²) in [5.74, 6) is -0.280. The first-order valence-corrected chi connectivity index (χ1v) is 8.63. The van der Waals surface area contributed by atoms with Crippen LogP contribution in [-0.2, 0) is 0 Å². The maximum Gasteiger partial charge on any atom is 0.340 e. The first kappa shape index (κ1) is 16.5. The molecule has 1 aromatic carbocycles. The molecule has 24 heavy (non-hydrogen) atoms. The number of pyridine rings is 1. The van der Waals surface area contributed by atoms with E-state index in [0.717, 1.165) is 48.3 Å². The predicted molar refractivity (Wildman–Crippen MR) is 96.8 cm³/mol. The molecule has 1 aliphatic heterocycles. The highest BCUT2D eigenvalue weighted by Crippen LogP contribution is 2.32. The fourth-order valence-corrected chi connectivity index (χ4v) is 3.34. The van der Waals surface area contributed by atoms with Crippen LogP contribution in [0.25, 0.3) is 11.1 Å². The Morgan fingerprint density at radius 2 is 1.67 bits per heavy atom. The Hall–Kier alpha value is -2.36. The highest BCUT2D eigenvalue weighted by atomic mass is 16.4. The summed E-state index contributed by atoms with van der Waals surface area (Å²) in [6, 6.07) is 9.89. The van der Waals surface area contributed by atoms with Crippen LogP contribution in [0.1, 0.15) is 47.3 Å². The van der Waals surface area contributed by atoms with Crippen molar-refractivity contribution < 1.29 is 9.90 Å². The van der Waals surface area contributed by atoms with E-state index in [4.69, 9.17) is 0 Å². The Bertz CT molecular complexity index is 730. The highest BCUT2D eigenvalue weighted by molar-refractivity contribution is 6.01. The van der Waals surface area contributed by atoms with Crippen molar-refractivity contribution in [1.29, 1.82) is 0 Å². The van der Waals surface area contributed by atoms with E-state index in [9.17, 15) is 9.90 Å². The van der Waals surface area contributed by atoms with Gasteiger partial charge in [0.1, 0.15) is 11.4 Å². The third-order valence-electron chi connectivity index (χ3n) is 4.61. The van der Waals surface area contributed by atoms with Gasteiger partial charge in [-0.15, -0.1) is 0 Å². The van der Waals surface area contributed by atoms with Crippen LogP contribution in [0.3, 0.4) is 0 Å². The fourth-order valence-electron chi connectivity index (χ4n) is 3.34. The molecule has 0 unspecified atom stereocenters. The zero-order valence-electron chi connectivity index (χ0n) is 14.4. The minimum atomic E-state index is -0.905. The molecule has 1 N–H and O–H groups in total. The molecule has 0 atom stereocenters. The van der Waals surface area contributed by atoms with Crippen LogP contribution < -0.4 is 4.90 Å². The fraction of sp³-hybridized carbons (Fsp3) is 0.400. The van der Waals surface area contributed by atoms with Crippen molar-refractivity contribution in [2.75, 3.05) is 18.0 Å². The summed E-state index contributed by atoms with van der Waals surface area (Å²) >= 11 is 0. The van der Waals surface area contributed by atoms with Gasteiger partial charge in [-0.2, -0.15) is 0 Å². The van der Waals surface area contributed by atoms with E-state index in [1.165, 1.54) is 12.8 Å². The van der Waals surface area contributed by atoms with E-state index in [1.807, 2.05) is 44.2 Å². The molecule has 126 valence electrons. The largest absolute Gasteiger partial charge is 0.478 e. The van der Waals surface area contributed by atoms with E-state index >= 15 is 0 Å². The predicted octanol–water partition coefficient (Wildman–Crippen LogP) is 4.44. The van der Waals surface area contributed by atoms with Gasteiger partial charge >= 0.3 is 5.97 Å². The topological polar surface area (TPSA) is 53.4 Å². The second-order valence-electron chi connectivity index (χ2n) is 6.58. The van der Waals surface area contributed by atoms with Crippen LogP contribution in [-0.4, -0.2) is 29.1 Å². The number of aryl methyl sites for hydroxylation is 2. The molecule has 0 radical (unpaired) electrons. The highest BCUT2D eigenvalue weighted by Gasteiger charge is 2.23. The number of rotatable bonds is 3. The number of hydrogen-bond acceptors (Lipinski definition) is 3. The smallest absolute Gasteiger partial charge is 0.340 e. The first-order valence-electron chi connectivity index (χ1n) is 8.63. The molecule has 2 aromatic rings. The molecule has 1 fully saturated rings. The number of aromatic nitrogens is 1. The minimum absolute atomic E-state index is 0.325. The van der Waals surface area contributed by atoms with Crippen LogP contribution in [0, 0.1) is 13.8 Å². The van der Waals surface area contributed by atoms with Gasteiger partial charge in [0.2, 0.25) is 0 Å². The van der Waals surface area contributed by atoms with E-state index in [-0.39, 0.29) is 0 Å². The van der Waals surface area contributed by atoms with E-state index in [0.29, 0.717) is 11.4 Å². The molecule has 1 aliphatic rings. The molecule has 4 heteroatoms. The quantitative estimate of drug-likeness (QED) is 0.906. The average Bonchev–Trinajstić information content (AvgIpc) is 2.83. The summed E-state index contributed by atoms with van der Waals surface area (Å²) in [5, 5.41) is 9.89. The number of hydrogen-bond donors (Lipinski definition) is 1. The molecule has 0 aliphatic carbocycles. The maximum atomic E-state index is 12.1. The standard InChI is InChI=1S/C20H24N2O2/c1-14-7-9-16(10-8-14)17-13-15(2)21-19(18(17)20(23)24)22-11-5-3-4-6-12-22/h7-10,13H,3-6,11-12H2,1-2H3,(H,23,24). The lowest BCUT2D eigenvalue weighted by Crippen LogP contribution is -2.27. The van der Waals surface area contributed by atoms with Gasteiger partial charge in [-0.1, -0.05) is 42.7 Å². The maximum absolute atomic E-state index is 12.1. The molecular formula is C20H24N2O2. The van der Waals surface area contributed by atoms with Gasteiger partial charge in [0.15, 0.2) is 0 Å². The van der Waals surface area contributed by atoms with Crippen molar-refractivity contribution >= 4 is 11.8 Å². The zero-order chi connectivity index (χ0) is 17.1. The monoisotopic (exact) mass is 324 g/mol. The van der Waals surface area contributed by atoms with Crippen molar-refractivity contribution in [3.63, 3.8) is 0 Å². The first-order chi connectivity index (χ1) is 11.6. The van der Waals surface area contributed by atoms with E-state index in [2.05, 4.69) is 9.88 Å². The lowest BCUT2D eigenvalue weighted by atomic mass is 9.98. The summed E-state index contributed by atoms with van der Waals surface area (Å²) < 4.78 is 0. The lowest BCUT2D eigenvalue weighted by Gasteiger charge is -2.25. The van der Waals surface area contributed by atoms with Gasteiger partial charge in [0, 0.05) is 24.3 Å². The lowest BCUT2D eigenvalue weighted by molar-refractivity contribution is 0.0698. The molecule has 0 bridgehead atoms. The number of anilines is 1. The summed E-state index contributed by atoms with van der Waals surface area (Å²) in [6.07, 6.45) is 4.59. The van der Waals surface area contributed by atoms with Gasteiger partial charge in [-0.25, -0.2) is 9.78 Å². The number of aromatic carboxylic acids is 1. The SMILES string of the molecule is Cc1ccc(-c2cc(C)nc(N3CCCCCC3)c2C(=O)O)cc1. The van der Waals surface area contributed by atoms with Crippen LogP contribution in [0.5, 0.6) is 0 Å². The Labute approximate surface area is 143 Å². The van der Waals surface area contributed by atoms with Crippen molar-refractivity contribution in [2.24, 2.45) is 0 Å². The van der Waals surface area contributed by atoms with E-state index in [1.54, 1.807) is 0 Å². The molecule has 0 saturated carbocycles. The average molecular weight is 324 g/mol. The summed E-state index contributed by atoms with van der Waals surface area (Å²) in [7, 11) is 0. The van der Waals surface area contributed by atoms with Crippen LogP contribution in [0.15, 0.2) is 30.3 Å².